The highest BCUT2D eigenvalue weighted by Gasteiger charge is 2.29. The van der Waals surface area contributed by atoms with Crippen molar-refractivity contribution in [2.45, 2.75) is 32.4 Å². The van der Waals surface area contributed by atoms with Crippen LogP contribution in [0.5, 0.6) is 5.88 Å². The Morgan fingerprint density at radius 3 is 2.27 bits per heavy atom. The monoisotopic (exact) mass is 310 g/mol. The number of unbranched alkanes of at least 4 members (excludes halogenated alkanes) is 2. The van der Waals surface area contributed by atoms with Gasteiger partial charge in [-0.3, -0.25) is 0 Å². The molecule has 0 spiro atoms. The number of rotatable bonds is 6. The Morgan fingerprint density at radius 2 is 1.73 bits per heavy atom. The second-order valence-corrected chi connectivity index (χ2v) is 4.87. The first-order chi connectivity index (χ1) is 10.5. The number of ether oxygens (including phenoxy) is 1. The van der Waals surface area contributed by atoms with Crippen molar-refractivity contribution in [2.24, 2.45) is 0 Å². The van der Waals surface area contributed by atoms with Crippen molar-refractivity contribution in [1.29, 1.82) is 0 Å². The normalized spacial score (nSPS) is 11.5. The van der Waals surface area contributed by atoms with E-state index in [-0.39, 0.29) is 0 Å². The summed E-state index contributed by atoms with van der Waals surface area (Å²) in [6, 6.07) is 4.83. The molecule has 1 heterocycles. The summed E-state index contributed by atoms with van der Waals surface area (Å²) in [5.41, 5.74) is 0.410. The lowest BCUT2D eigenvalue weighted by Gasteiger charge is -2.08. The molecule has 0 saturated carbocycles. The second-order valence-electron chi connectivity index (χ2n) is 4.87. The lowest BCUT2D eigenvalue weighted by molar-refractivity contribution is -0.137. The van der Waals surface area contributed by atoms with Crippen molar-refractivity contribution in [3.8, 4) is 17.1 Å². The first-order valence-corrected chi connectivity index (χ1v) is 7.13. The smallest absolute Gasteiger partial charge is 0.416 e. The average Bonchev–Trinajstić information content (AvgIpc) is 2.51. The van der Waals surface area contributed by atoms with Crippen LogP contribution in [-0.2, 0) is 6.18 Å². The summed E-state index contributed by atoms with van der Waals surface area (Å²) in [4.78, 5) is 8.29. The Morgan fingerprint density at radius 1 is 1.00 bits per heavy atom. The van der Waals surface area contributed by atoms with Crippen LogP contribution in [0.1, 0.15) is 31.7 Å². The van der Waals surface area contributed by atoms with E-state index in [1.807, 2.05) is 0 Å². The molecule has 0 aliphatic heterocycles. The Hall–Kier alpha value is -2.11. The van der Waals surface area contributed by atoms with Crippen LogP contribution in [0.4, 0.5) is 13.2 Å². The molecule has 0 radical (unpaired) electrons. The molecular formula is C16H17F3N2O. The van der Waals surface area contributed by atoms with Crippen molar-refractivity contribution >= 4 is 0 Å². The number of hydrogen-bond acceptors (Lipinski definition) is 3. The van der Waals surface area contributed by atoms with Gasteiger partial charge in [-0.05, 0) is 18.6 Å². The summed E-state index contributed by atoms with van der Waals surface area (Å²) < 4.78 is 43.0. The quantitative estimate of drug-likeness (QED) is 0.723. The molecule has 0 fully saturated rings. The molecule has 3 nitrogen and oxygen atoms in total. The molecule has 0 unspecified atom stereocenters. The molecule has 0 bridgehead atoms. The van der Waals surface area contributed by atoms with E-state index < -0.39 is 11.7 Å². The summed E-state index contributed by atoms with van der Waals surface area (Å²) in [5.74, 6) is 0.423. The Labute approximate surface area is 127 Å². The number of benzene rings is 1. The van der Waals surface area contributed by atoms with E-state index in [1.165, 1.54) is 24.5 Å². The van der Waals surface area contributed by atoms with Crippen LogP contribution in [-0.4, -0.2) is 16.6 Å². The fraction of sp³-hybridized carbons (Fsp3) is 0.375. The molecule has 0 aliphatic carbocycles. The van der Waals surface area contributed by atoms with Gasteiger partial charge < -0.3 is 4.74 Å². The number of alkyl halides is 3. The predicted molar refractivity (Wildman–Crippen MR) is 77.5 cm³/mol. The van der Waals surface area contributed by atoms with E-state index in [0.717, 1.165) is 31.4 Å². The van der Waals surface area contributed by atoms with Gasteiger partial charge in [-0.1, -0.05) is 31.9 Å². The van der Waals surface area contributed by atoms with Crippen molar-refractivity contribution in [1.82, 2.24) is 9.97 Å². The SMILES string of the molecule is CCCCCOc1cnc(-c2ccc(C(F)(F)F)cc2)cn1. The number of aromatic nitrogens is 2. The highest BCUT2D eigenvalue weighted by molar-refractivity contribution is 5.58. The zero-order chi connectivity index (χ0) is 16.0. The molecule has 0 aliphatic rings. The van der Waals surface area contributed by atoms with E-state index >= 15 is 0 Å². The van der Waals surface area contributed by atoms with E-state index in [2.05, 4.69) is 16.9 Å². The van der Waals surface area contributed by atoms with Crippen LogP contribution in [0.15, 0.2) is 36.7 Å². The molecular weight excluding hydrogens is 293 g/mol. The van der Waals surface area contributed by atoms with Crippen molar-refractivity contribution in [3.63, 3.8) is 0 Å². The summed E-state index contributed by atoms with van der Waals surface area (Å²) in [6.45, 7) is 2.70. The highest BCUT2D eigenvalue weighted by atomic mass is 19.4. The number of nitrogens with zero attached hydrogens (tertiary/aromatic N) is 2. The van der Waals surface area contributed by atoms with Gasteiger partial charge in [-0.25, -0.2) is 9.97 Å². The number of hydrogen-bond donors (Lipinski definition) is 0. The maximum Gasteiger partial charge on any atom is 0.416 e. The molecule has 0 N–H and O–H groups in total. The largest absolute Gasteiger partial charge is 0.477 e. The Balaban J connectivity index is 2.01. The standard InChI is InChI=1S/C16H17F3N2O/c1-2-3-4-9-22-15-11-20-14(10-21-15)12-5-7-13(8-6-12)16(17,18)19/h5-8,10-11H,2-4,9H2,1H3. The third-order valence-corrected chi connectivity index (χ3v) is 3.13. The third-order valence-electron chi connectivity index (χ3n) is 3.13. The van der Waals surface area contributed by atoms with Crippen molar-refractivity contribution < 1.29 is 17.9 Å². The first kappa shape index (κ1) is 16.3. The fourth-order valence-electron chi connectivity index (χ4n) is 1.90. The predicted octanol–water partition coefficient (Wildman–Crippen LogP) is 4.73. The summed E-state index contributed by atoms with van der Waals surface area (Å²) in [6.07, 6.45) is 1.81. The van der Waals surface area contributed by atoms with Gasteiger partial charge in [0, 0.05) is 5.56 Å². The van der Waals surface area contributed by atoms with Crippen molar-refractivity contribution in [3.05, 3.63) is 42.2 Å². The minimum absolute atomic E-state index is 0.423. The minimum atomic E-state index is -4.33. The lowest BCUT2D eigenvalue weighted by atomic mass is 10.1. The van der Waals surface area contributed by atoms with Gasteiger partial charge in [0.15, 0.2) is 0 Å². The average molecular weight is 310 g/mol. The van der Waals surface area contributed by atoms with Gasteiger partial charge >= 0.3 is 6.18 Å². The molecule has 1 aromatic carbocycles. The zero-order valence-corrected chi connectivity index (χ0v) is 12.2. The van der Waals surface area contributed by atoms with Crippen LogP contribution >= 0.6 is 0 Å². The van der Waals surface area contributed by atoms with Gasteiger partial charge in [0.05, 0.1) is 30.3 Å². The van der Waals surface area contributed by atoms with Gasteiger partial charge in [0.1, 0.15) is 0 Å². The maximum absolute atomic E-state index is 12.5. The maximum atomic E-state index is 12.5. The molecule has 2 aromatic rings. The van der Waals surface area contributed by atoms with Gasteiger partial charge in [-0.2, -0.15) is 13.2 Å². The first-order valence-electron chi connectivity index (χ1n) is 7.13. The molecule has 118 valence electrons. The minimum Gasteiger partial charge on any atom is -0.477 e. The van der Waals surface area contributed by atoms with E-state index in [4.69, 9.17) is 4.74 Å². The Bertz CT molecular complexity index is 580. The fourth-order valence-corrected chi connectivity index (χ4v) is 1.90. The van der Waals surface area contributed by atoms with Crippen LogP contribution in [0.2, 0.25) is 0 Å². The lowest BCUT2D eigenvalue weighted by Crippen LogP contribution is -2.04. The van der Waals surface area contributed by atoms with Crippen LogP contribution in [0, 0.1) is 0 Å². The highest BCUT2D eigenvalue weighted by Crippen LogP contribution is 2.30. The summed E-state index contributed by atoms with van der Waals surface area (Å²) in [5, 5.41) is 0. The van der Waals surface area contributed by atoms with Gasteiger partial charge in [-0.15, -0.1) is 0 Å². The number of halogens is 3. The van der Waals surface area contributed by atoms with Gasteiger partial charge in [0.2, 0.25) is 5.88 Å². The molecule has 6 heteroatoms. The molecule has 0 saturated heterocycles. The van der Waals surface area contributed by atoms with Crippen LogP contribution in [0.25, 0.3) is 11.3 Å². The van der Waals surface area contributed by atoms with E-state index in [0.29, 0.717) is 23.7 Å². The molecule has 1 aromatic heterocycles. The van der Waals surface area contributed by atoms with E-state index in [9.17, 15) is 13.2 Å². The molecule has 0 atom stereocenters. The second kappa shape index (κ2) is 7.24. The molecule has 0 amide bonds. The van der Waals surface area contributed by atoms with Crippen molar-refractivity contribution in [2.75, 3.05) is 6.61 Å². The molecule has 22 heavy (non-hydrogen) atoms. The van der Waals surface area contributed by atoms with E-state index in [1.54, 1.807) is 0 Å². The van der Waals surface area contributed by atoms with Crippen LogP contribution in [0.3, 0.4) is 0 Å². The third kappa shape index (κ3) is 4.44. The molecule has 2 rings (SSSR count). The van der Waals surface area contributed by atoms with Crippen LogP contribution < -0.4 is 4.74 Å². The zero-order valence-electron chi connectivity index (χ0n) is 12.2. The van der Waals surface area contributed by atoms with Gasteiger partial charge in [0.25, 0.3) is 0 Å². The Kier molecular flexibility index (Phi) is 5.35. The topological polar surface area (TPSA) is 35.0 Å². The summed E-state index contributed by atoms with van der Waals surface area (Å²) in [7, 11) is 0. The summed E-state index contributed by atoms with van der Waals surface area (Å²) >= 11 is 0.